The number of rotatable bonds is 4. The number of halogens is 1. The molecule has 2 aromatic rings. The van der Waals surface area contributed by atoms with E-state index in [1.165, 1.54) is 13.1 Å². The van der Waals surface area contributed by atoms with Crippen LogP contribution >= 0.6 is 15.9 Å². The average molecular weight is 376 g/mol. The lowest BCUT2D eigenvalue weighted by Crippen LogP contribution is -2.15. The molecule has 0 amide bonds. The predicted octanol–water partition coefficient (Wildman–Crippen LogP) is 0.780. The van der Waals surface area contributed by atoms with Crippen LogP contribution in [0.1, 0.15) is 15.9 Å². The van der Waals surface area contributed by atoms with Gasteiger partial charge in [-0.05, 0) is 29.8 Å². The summed E-state index contributed by atoms with van der Waals surface area (Å²) in [4.78, 5) is 12.0. The fourth-order valence-corrected chi connectivity index (χ4v) is 3.13. The SMILES string of the molecule is Cc1c(Br)cc(S(=O)(=O)Nc2nnn(C)n2)cc1C(=O)O. The summed E-state index contributed by atoms with van der Waals surface area (Å²) in [6, 6.07) is 2.38. The van der Waals surface area contributed by atoms with E-state index in [0.717, 1.165) is 10.9 Å². The molecule has 0 aliphatic carbocycles. The Hall–Kier alpha value is -2.01. The van der Waals surface area contributed by atoms with Crippen LogP contribution in [-0.4, -0.2) is 39.7 Å². The molecule has 0 fully saturated rings. The fraction of sp³-hybridized carbons (Fsp3) is 0.200. The molecular formula is C10H10BrN5O4S. The number of aryl methyl sites for hydroxylation is 1. The van der Waals surface area contributed by atoms with Crippen LogP contribution < -0.4 is 4.72 Å². The Kier molecular flexibility index (Phi) is 3.96. The van der Waals surface area contributed by atoms with Gasteiger partial charge in [0.05, 0.1) is 17.5 Å². The molecular weight excluding hydrogens is 366 g/mol. The lowest BCUT2D eigenvalue weighted by Gasteiger charge is -2.09. The number of aromatic carboxylic acids is 1. The molecule has 0 unspecified atom stereocenters. The largest absolute Gasteiger partial charge is 0.478 e. The van der Waals surface area contributed by atoms with E-state index in [2.05, 4.69) is 36.1 Å². The van der Waals surface area contributed by atoms with Crippen LogP contribution in [0.25, 0.3) is 0 Å². The number of nitrogens with one attached hydrogen (secondary N) is 1. The zero-order chi connectivity index (χ0) is 15.8. The first-order valence-corrected chi connectivity index (χ1v) is 7.78. The highest BCUT2D eigenvalue weighted by atomic mass is 79.9. The van der Waals surface area contributed by atoms with Crippen LogP contribution in [0.15, 0.2) is 21.5 Å². The molecule has 2 rings (SSSR count). The summed E-state index contributed by atoms with van der Waals surface area (Å²) in [5.41, 5.74) is 0.316. The van der Waals surface area contributed by atoms with E-state index in [9.17, 15) is 13.2 Å². The maximum atomic E-state index is 12.2. The summed E-state index contributed by atoms with van der Waals surface area (Å²) in [6.07, 6.45) is 0. The Labute approximate surface area is 128 Å². The van der Waals surface area contributed by atoms with Gasteiger partial charge in [-0.1, -0.05) is 21.0 Å². The molecule has 0 atom stereocenters. The monoisotopic (exact) mass is 375 g/mol. The standard InChI is InChI=1S/C10H10BrN5O4S/c1-5-7(9(17)18)3-6(4-8(5)11)21(19,20)14-10-12-15-16(2)13-10/h3-4H,1-2H3,(H,13,14)(H,17,18). The summed E-state index contributed by atoms with van der Waals surface area (Å²) in [7, 11) is -2.54. The zero-order valence-electron chi connectivity index (χ0n) is 10.9. The molecule has 11 heteroatoms. The number of carboxylic acids is 1. The summed E-state index contributed by atoms with van der Waals surface area (Å²) >= 11 is 3.14. The van der Waals surface area contributed by atoms with Crippen molar-refractivity contribution in [1.29, 1.82) is 0 Å². The minimum Gasteiger partial charge on any atom is -0.478 e. The molecule has 9 nitrogen and oxygen atoms in total. The summed E-state index contributed by atoms with van der Waals surface area (Å²) in [5.74, 6) is -1.42. The van der Waals surface area contributed by atoms with Crippen molar-refractivity contribution in [3.63, 3.8) is 0 Å². The lowest BCUT2D eigenvalue weighted by molar-refractivity contribution is 0.0695. The number of anilines is 1. The Morgan fingerprint density at radius 3 is 2.62 bits per heavy atom. The van der Waals surface area contributed by atoms with Crippen LogP contribution in [-0.2, 0) is 17.1 Å². The fourth-order valence-electron chi connectivity index (χ4n) is 1.54. The highest BCUT2D eigenvalue weighted by molar-refractivity contribution is 9.10. The van der Waals surface area contributed by atoms with Crippen LogP contribution in [0.5, 0.6) is 0 Å². The molecule has 0 saturated carbocycles. The Balaban J connectivity index is 2.47. The first-order valence-electron chi connectivity index (χ1n) is 5.51. The van der Waals surface area contributed by atoms with Gasteiger partial charge >= 0.3 is 5.97 Å². The van der Waals surface area contributed by atoms with Crippen molar-refractivity contribution >= 4 is 37.9 Å². The molecule has 21 heavy (non-hydrogen) atoms. The van der Waals surface area contributed by atoms with Gasteiger partial charge in [-0.2, -0.15) is 4.80 Å². The van der Waals surface area contributed by atoms with Crippen LogP contribution in [0.4, 0.5) is 5.95 Å². The van der Waals surface area contributed by atoms with Crippen molar-refractivity contribution in [3.8, 4) is 0 Å². The molecule has 1 aromatic heterocycles. The summed E-state index contributed by atoms with van der Waals surface area (Å²) in [6.45, 7) is 1.57. The molecule has 0 aliphatic heterocycles. The molecule has 2 N–H and O–H groups in total. The first kappa shape index (κ1) is 15.4. The number of tetrazole rings is 1. The lowest BCUT2D eigenvalue weighted by atomic mass is 10.1. The first-order chi connectivity index (χ1) is 9.70. The third kappa shape index (κ3) is 3.19. The second-order valence-corrected chi connectivity index (χ2v) is 6.63. The van der Waals surface area contributed by atoms with E-state index in [0.29, 0.717) is 10.0 Å². The van der Waals surface area contributed by atoms with Crippen molar-refractivity contribution in [2.75, 3.05) is 4.72 Å². The van der Waals surface area contributed by atoms with Crippen molar-refractivity contribution in [1.82, 2.24) is 20.2 Å². The van der Waals surface area contributed by atoms with Gasteiger partial charge in [0.25, 0.3) is 16.0 Å². The van der Waals surface area contributed by atoms with E-state index in [-0.39, 0.29) is 16.4 Å². The second-order valence-electron chi connectivity index (χ2n) is 4.09. The molecule has 0 bridgehead atoms. The summed E-state index contributed by atoms with van der Waals surface area (Å²) in [5, 5.41) is 19.8. The van der Waals surface area contributed by atoms with Gasteiger partial charge in [0.2, 0.25) is 0 Å². The van der Waals surface area contributed by atoms with Gasteiger partial charge < -0.3 is 5.11 Å². The average Bonchev–Trinajstić information content (AvgIpc) is 2.76. The zero-order valence-corrected chi connectivity index (χ0v) is 13.3. The smallest absolute Gasteiger partial charge is 0.336 e. The van der Waals surface area contributed by atoms with Crippen molar-refractivity contribution in [2.45, 2.75) is 11.8 Å². The molecule has 1 aromatic carbocycles. The van der Waals surface area contributed by atoms with Gasteiger partial charge in [-0.3, -0.25) is 0 Å². The normalized spacial score (nSPS) is 11.4. The van der Waals surface area contributed by atoms with Crippen molar-refractivity contribution in [2.24, 2.45) is 7.05 Å². The molecule has 0 spiro atoms. The summed E-state index contributed by atoms with van der Waals surface area (Å²) < 4.78 is 26.9. The van der Waals surface area contributed by atoms with Gasteiger partial charge in [-0.25, -0.2) is 17.9 Å². The number of benzene rings is 1. The molecule has 112 valence electrons. The van der Waals surface area contributed by atoms with Gasteiger partial charge in [0.15, 0.2) is 0 Å². The Morgan fingerprint density at radius 2 is 2.10 bits per heavy atom. The maximum Gasteiger partial charge on any atom is 0.336 e. The van der Waals surface area contributed by atoms with E-state index in [1.807, 2.05) is 0 Å². The Bertz CT molecular complexity index is 817. The van der Waals surface area contributed by atoms with Gasteiger partial charge in [0, 0.05) is 4.47 Å². The third-order valence-electron chi connectivity index (χ3n) is 2.59. The molecule has 0 saturated heterocycles. The van der Waals surface area contributed by atoms with E-state index < -0.39 is 16.0 Å². The second kappa shape index (κ2) is 5.41. The topological polar surface area (TPSA) is 127 Å². The van der Waals surface area contributed by atoms with Crippen LogP contribution in [0.2, 0.25) is 0 Å². The highest BCUT2D eigenvalue weighted by Gasteiger charge is 2.21. The quantitative estimate of drug-likeness (QED) is 0.807. The van der Waals surface area contributed by atoms with Gasteiger partial charge in [-0.15, -0.1) is 5.10 Å². The van der Waals surface area contributed by atoms with Crippen LogP contribution in [0.3, 0.4) is 0 Å². The molecule has 0 aliphatic rings. The minimum atomic E-state index is -4.02. The third-order valence-corrected chi connectivity index (χ3v) is 4.72. The molecule has 0 radical (unpaired) electrons. The number of hydrogen-bond acceptors (Lipinski definition) is 6. The predicted molar refractivity (Wildman–Crippen MR) is 75.4 cm³/mol. The van der Waals surface area contributed by atoms with E-state index >= 15 is 0 Å². The maximum absolute atomic E-state index is 12.2. The number of carbonyl (C=O) groups is 1. The van der Waals surface area contributed by atoms with E-state index in [4.69, 9.17) is 5.11 Å². The number of hydrogen-bond donors (Lipinski definition) is 2. The highest BCUT2D eigenvalue weighted by Crippen LogP contribution is 2.25. The number of aromatic nitrogens is 4. The van der Waals surface area contributed by atoms with Gasteiger partial charge in [0.1, 0.15) is 0 Å². The minimum absolute atomic E-state index is 0.114. The van der Waals surface area contributed by atoms with Crippen LogP contribution in [0, 0.1) is 6.92 Å². The molecule has 1 heterocycles. The van der Waals surface area contributed by atoms with Crippen molar-refractivity contribution in [3.05, 3.63) is 27.7 Å². The van der Waals surface area contributed by atoms with E-state index in [1.54, 1.807) is 6.92 Å². The number of sulfonamides is 1. The Morgan fingerprint density at radius 1 is 1.43 bits per heavy atom. The number of carboxylic acid groups (broad SMARTS) is 1. The van der Waals surface area contributed by atoms with Crippen molar-refractivity contribution < 1.29 is 18.3 Å². The number of nitrogens with zero attached hydrogens (tertiary/aromatic N) is 4.